The molecule has 3 N–H and O–H groups in total. The summed E-state index contributed by atoms with van der Waals surface area (Å²) in [5.74, 6) is -0.383. The van der Waals surface area contributed by atoms with Crippen molar-refractivity contribution in [3.05, 3.63) is 35.1 Å². The third-order valence-corrected chi connectivity index (χ3v) is 3.79. The molecule has 100 valence electrons. The van der Waals surface area contributed by atoms with Crippen molar-refractivity contribution in [1.82, 2.24) is 0 Å². The summed E-state index contributed by atoms with van der Waals surface area (Å²) in [7, 11) is 0. The fraction of sp³-hybridized carbons (Fsp3) is 0.571. The van der Waals surface area contributed by atoms with E-state index in [4.69, 9.17) is 10.5 Å². The van der Waals surface area contributed by atoms with Crippen LogP contribution in [-0.4, -0.2) is 24.9 Å². The lowest BCUT2D eigenvalue weighted by Gasteiger charge is -2.40. The Labute approximate surface area is 107 Å². The summed E-state index contributed by atoms with van der Waals surface area (Å²) in [6.07, 6.45) is 0.697. The van der Waals surface area contributed by atoms with Crippen molar-refractivity contribution in [2.45, 2.75) is 25.9 Å². The number of rotatable bonds is 3. The van der Waals surface area contributed by atoms with Crippen molar-refractivity contribution in [3.63, 3.8) is 0 Å². The van der Waals surface area contributed by atoms with Gasteiger partial charge in [0.2, 0.25) is 0 Å². The summed E-state index contributed by atoms with van der Waals surface area (Å²) in [6.45, 7) is 3.24. The first-order chi connectivity index (χ1) is 8.59. The number of nitrogens with two attached hydrogens (primary N) is 1. The number of benzene rings is 1. The molecule has 0 radical (unpaired) electrons. The van der Waals surface area contributed by atoms with Crippen molar-refractivity contribution in [3.8, 4) is 0 Å². The van der Waals surface area contributed by atoms with E-state index in [9.17, 15) is 9.50 Å². The minimum Gasteiger partial charge on any atom is -0.388 e. The highest BCUT2D eigenvalue weighted by molar-refractivity contribution is 5.27. The van der Waals surface area contributed by atoms with E-state index in [0.717, 1.165) is 18.4 Å². The summed E-state index contributed by atoms with van der Waals surface area (Å²) < 4.78 is 19.3. The maximum Gasteiger partial charge on any atom is 0.129 e. The van der Waals surface area contributed by atoms with Gasteiger partial charge in [-0.25, -0.2) is 4.39 Å². The highest BCUT2D eigenvalue weighted by Gasteiger charge is 2.40. The zero-order valence-electron chi connectivity index (χ0n) is 10.7. The number of aliphatic hydroxyl groups excluding tert-OH is 1. The molecule has 2 unspecified atom stereocenters. The topological polar surface area (TPSA) is 55.5 Å². The van der Waals surface area contributed by atoms with Crippen LogP contribution >= 0.6 is 0 Å². The highest BCUT2D eigenvalue weighted by Crippen LogP contribution is 2.40. The molecule has 1 aromatic carbocycles. The fourth-order valence-electron chi connectivity index (χ4n) is 2.56. The van der Waals surface area contributed by atoms with Gasteiger partial charge in [-0.05, 0) is 25.8 Å². The van der Waals surface area contributed by atoms with Gasteiger partial charge in [0, 0.05) is 24.1 Å². The Morgan fingerprint density at radius 3 is 2.94 bits per heavy atom. The average molecular weight is 253 g/mol. The van der Waals surface area contributed by atoms with Crippen LogP contribution in [0.1, 0.15) is 30.1 Å². The zero-order valence-corrected chi connectivity index (χ0v) is 10.7. The first kappa shape index (κ1) is 13.5. The molecule has 1 heterocycles. The van der Waals surface area contributed by atoms with E-state index in [2.05, 4.69) is 0 Å². The second-order valence-electron chi connectivity index (χ2n) is 5.15. The van der Waals surface area contributed by atoms with Crippen molar-refractivity contribution in [2.75, 3.05) is 19.8 Å². The van der Waals surface area contributed by atoms with Gasteiger partial charge in [0.15, 0.2) is 0 Å². The van der Waals surface area contributed by atoms with E-state index in [1.54, 1.807) is 12.1 Å². The lowest BCUT2D eigenvalue weighted by Crippen LogP contribution is -2.44. The molecule has 1 aliphatic rings. The molecule has 0 amide bonds. The number of halogens is 1. The maximum absolute atomic E-state index is 13.8. The summed E-state index contributed by atoms with van der Waals surface area (Å²) in [5, 5.41) is 10.5. The monoisotopic (exact) mass is 253 g/mol. The minimum absolute atomic E-state index is 0.293. The summed E-state index contributed by atoms with van der Waals surface area (Å²) >= 11 is 0. The smallest absolute Gasteiger partial charge is 0.129 e. The molecule has 1 fully saturated rings. The molecule has 4 heteroatoms. The summed E-state index contributed by atoms with van der Waals surface area (Å²) in [4.78, 5) is 0. The number of ether oxygens (including phenoxy) is 1. The van der Waals surface area contributed by atoms with Crippen LogP contribution in [0.3, 0.4) is 0 Å². The molecule has 1 saturated heterocycles. The van der Waals surface area contributed by atoms with Gasteiger partial charge in [0.05, 0.1) is 12.7 Å². The first-order valence-electron chi connectivity index (χ1n) is 6.31. The summed E-state index contributed by atoms with van der Waals surface area (Å²) in [6, 6.07) is 4.77. The zero-order chi connectivity index (χ0) is 13.2. The fourth-order valence-corrected chi connectivity index (χ4v) is 2.56. The van der Waals surface area contributed by atoms with Crippen LogP contribution in [0.4, 0.5) is 4.39 Å². The van der Waals surface area contributed by atoms with Gasteiger partial charge in [-0.15, -0.1) is 0 Å². The Morgan fingerprint density at radius 1 is 1.56 bits per heavy atom. The predicted molar refractivity (Wildman–Crippen MR) is 67.6 cm³/mol. The normalized spacial score (nSPS) is 26.0. The summed E-state index contributed by atoms with van der Waals surface area (Å²) in [5.41, 5.74) is 6.49. The Morgan fingerprint density at radius 2 is 2.33 bits per heavy atom. The van der Waals surface area contributed by atoms with E-state index in [0.29, 0.717) is 25.3 Å². The lowest BCUT2D eigenvalue weighted by atomic mass is 9.74. The number of hydrogen-bond acceptors (Lipinski definition) is 3. The Kier molecular flexibility index (Phi) is 4.00. The van der Waals surface area contributed by atoms with Crippen LogP contribution in [0.2, 0.25) is 0 Å². The molecule has 0 spiro atoms. The highest BCUT2D eigenvalue weighted by atomic mass is 19.1. The van der Waals surface area contributed by atoms with Gasteiger partial charge >= 0.3 is 0 Å². The van der Waals surface area contributed by atoms with Crippen LogP contribution < -0.4 is 5.73 Å². The average Bonchev–Trinajstić information content (AvgIpc) is 2.41. The van der Waals surface area contributed by atoms with Gasteiger partial charge in [-0.2, -0.15) is 0 Å². The van der Waals surface area contributed by atoms with E-state index < -0.39 is 11.5 Å². The van der Waals surface area contributed by atoms with E-state index in [-0.39, 0.29) is 5.82 Å². The molecule has 2 atom stereocenters. The van der Waals surface area contributed by atoms with Crippen molar-refractivity contribution < 1.29 is 14.2 Å². The predicted octanol–water partition coefficient (Wildman–Crippen LogP) is 1.92. The second-order valence-corrected chi connectivity index (χ2v) is 5.15. The molecule has 18 heavy (non-hydrogen) atoms. The maximum atomic E-state index is 13.8. The Bertz CT molecular complexity index is 416. The SMILES string of the molecule is Cc1ccc(F)c(C(O)C2(CN)CCCOC2)c1. The minimum atomic E-state index is -0.914. The first-order valence-corrected chi connectivity index (χ1v) is 6.31. The van der Waals surface area contributed by atoms with Crippen LogP contribution in [0.5, 0.6) is 0 Å². The molecule has 1 aliphatic heterocycles. The quantitative estimate of drug-likeness (QED) is 0.865. The molecule has 0 aliphatic carbocycles. The van der Waals surface area contributed by atoms with Crippen molar-refractivity contribution in [1.29, 1.82) is 0 Å². The number of hydrogen-bond donors (Lipinski definition) is 2. The Balaban J connectivity index is 2.33. The molecule has 0 bridgehead atoms. The standard InChI is InChI=1S/C14H20FNO2/c1-10-3-4-12(15)11(7-10)13(17)14(8-16)5-2-6-18-9-14/h3-4,7,13,17H,2,5-6,8-9,16H2,1H3. The van der Waals surface area contributed by atoms with Gasteiger partial charge in [-0.3, -0.25) is 0 Å². The number of aryl methyl sites for hydroxylation is 1. The lowest BCUT2D eigenvalue weighted by molar-refractivity contribution is -0.0792. The van der Waals surface area contributed by atoms with E-state index in [1.807, 2.05) is 6.92 Å². The van der Waals surface area contributed by atoms with Crippen LogP contribution in [0, 0.1) is 18.2 Å². The molecule has 2 rings (SSSR count). The van der Waals surface area contributed by atoms with Crippen LogP contribution in [0.15, 0.2) is 18.2 Å². The molecule has 1 aromatic rings. The number of aliphatic hydroxyl groups is 1. The molecular formula is C14H20FNO2. The van der Waals surface area contributed by atoms with Gasteiger partial charge in [-0.1, -0.05) is 17.7 Å². The Hall–Kier alpha value is -0.970. The van der Waals surface area contributed by atoms with Gasteiger partial charge in [0.25, 0.3) is 0 Å². The van der Waals surface area contributed by atoms with E-state index >= 15 is 0 Å². The third kappa shape index (κ3) is 2.41. The van der Waals surface area contributed by atoms with E-state index in [1.165, 1.54) is 6.07 Å². The van der Waals surface area contributed by atoms with Crippen LogP contribution in [-0.2, 0) is 4.74 Å². The molecule has 0 saturated carbocycles. The van der Waals surface area contributed by atoms with Gasteiger partial charge in [0.1, 0.15) is 5.82 Å². The van der Waals surface area contributed by atoms with Crippen molar-refractivity contribution >= 4 is 0 Å². The molecular weight excluding hydrogens is 233 g/mol. The van der Waals surface area contributed by atoms with Crippen molar-refractivity contribution in [2.24, 2.45) is 11.1 Å². The van der Waals surface area contributed by atoms with Gasteiger partial charge < -0.3 is 15.6 Å². The largest absolute Gasteiger partial charge is 0.388 e. The second kappa shape index (κ2) is 5.34. The molecule has 0 aromatic heterocycles. The molecule has 3 nitrogen and oxygen atoms in total. The van der Waals surface area contributed by atoms with Crippen LogP contribution in [0.25, 0.3) is 0 Å². The third-order valence-electron chi connectivity index (χ3n) is 3.79.